The van der Waals surface area contributed by atoms with Gasteiger partial charge in [0.05, 0.1) is 12.2 Å². The zero-order chi connectivity index (χ0) is 11.2. The number of benzene rings is 1. The van der Waals surface area contributed by atoms with Gasteiger partial charge in [0.2, 0.25) is 0 Å². The van der Waals surface area contributed by atoms with Crippen LogP contribution in [0.5, 0.6) is 0 Å². The summed E-state index contributed by atoms with van der Waals surface area (Å²) in [5.74, 6) is 6.10. The molecular weight excluding hydrogens is 198 g/mol. The molecule has 0 aliphatic rings. The molecule has 1 heterocycles. The molecule has 2 aromatic rings. The minimum atomic E-state index is 0.709. The van der Waals surface area contributed by atoms with E-state index < -0.39 is 0 Å². The smallest absolute Gasteiger partial charge is 0.0646 e. The predicted molar refractivity (Wildman–Crippen MR) is 64.4 cm³/mol. The molecule has 0 amide bonds. The molecule has 0 atom stereocenters. The highest BCUT2D eigenvalue weighted by Crippen LogP contribution is 2.07. The maximum atomic E-state index is 4.16. The molecule has 0 fully saturated rings. The van der Waals surface area contributed by atoms with Gasteiger partial charge in [-0.3, -0.25) is 0 Å². The Labute approximate surface area is 95.1 Å². The van der Waals surface area contributed by atoms with Gasteiger partial charge in [0, 0.05) is 18.0 Å². The summed E-state index contributed by atoms with van der Waals surface area (Å²) in [4.78, 5) is 0. The van der Waals surface area contributed by atoms with Crippen LogP contribution >= 0.6 is 0 Å². The maximum absolute atomic E-state index is 4.16. The third-order valence-electron chi connectivity index (χ3n) is 2.13. The molecule has 0 saturated heterocycles. The van der Waals surface area contributed by atoms with E-state index in [2.05, 4.69) is 22.3 Å². The minimum absolute atomic E-state index is 0.709. The molecule has 1 N–H and O–H groups in total. The van der Waals surface area contributed by atoms with Gasteiger partial charge in [-0.05, 0) is 37.4 Å². The van der Waals surface area contributed by atoms with Crippen molar-refractivity contribution >= 4 is 0 Å². The summed E-state index contributed by atoms with van der Waals surface area (Å²) in [6, 6.07) is 9.92. The third-order valence-corrected chi connectivity index (χ3v) is 2.13. The Morgan fingerprint density at radius 3 is 2.75 bits per heavy atom. The second-order valence-electron chi connectivity index (χ2n) is 3.33. The summed E-state index contributed by atoms with van der Waals surface area (Å²) < 4.78 is 1.82. The lowest BCUT2D eigenvalue weighted by atomic mass is 10.2. The molecular formula is C13H13N3. The summed E-state index contributed by atoms with van der Waals surface area (Å²) in [6.45, 7) is 0.709. The van der Waals surface area contributed by atoms with Gasteiger partial charge in [0.15, 0.2) is 0 Å². The SMILES string of the molecule is CNCC#Cc1ccc(-n2cccn2)cc1. The lowest BCUT2D eigenvalue weighted by Gasteiger charge is -2.00. The first-order valence-corrected chi connectivity index (χ1v) is 5.14. The highest BCUT2D eigenvalue weighted by atomic mass is 15.3. The van der Waals surface area contributed by atoms with Gasteiger partial charge >= 0.3 is 0 Å². The summed E-state index contributed by atoms with van der Waals surface area (Å²) in [5, 5.41) is 7.15. The molecule has 3 heteroatoms. The topological polar surface area (TPSA) is 29.9 Å². The fourth-order valence-corrected chi connectivity index (χ4v) is 1.35. The standard InChI is InChI=1S/C13H13N3/c1-14-9-2-4-12-5-7-13(8-6-12)16-11-3-10-15-16/h3,5-8,10-11,14H,9H2,1H3. The Morgan fingerprint density at radius 1 is 1.31 bits per heavy atom. The number of hydrogen-bond donors (Lipinski definition) is 1. The van der Waals surface area contributed by atoms with E-state index in [0.717, 1.165) is 11.3 Å². The zero-order valence-corrected chi connectivity index (χ0v) is 9.14. The van der Waals surface area contributed by atoms with Crippen molar-refractivity contribution < 1.29 is 0 Å². The Kier molecular flexibility index (Phi) is 3.37. The first kappa shape index (κ1) is 10.5. The van der Waals surface area contributed by atoms with Gasteiger partial charge < -0.3 is 5.32 Å². The van der Waals surface area contributed by atoms with E-state index in [1.165, 1.54) is 0 Å². The molecule has 1 aromatic heterocycles. The first-order chi connectivity index (χ1) is 7.90. The van der Waals surface area contributed by atoms with E-state index in [-0.39, 0.29) is 0 Å². The molecule has 0 unspecified atom stereocenters. The minimum Gasteiger partial charge on any atom is -0.309 e. The second-order valence-corrected chi connectivity index (χ2v) is 3.33. The van der Waals surface area contributed by atoms with Crippen LogP contribution in [0, 0.1) is 11.8 Å². The zero-order valence-electron chi connectivity index (χ0n) is 9.14. The molecule has 0 spiro atoms. The van der Waals surface area contributed by atoms with E-state index in [1.54, 1.807) is 6.20 Å². The number of nitrogens with zero attached hydrogens (tertiary/aromatic N) is 2. The summed E-state index contributed by atoms with van der Waals surface area (Å²) in [6.07, 6.45) is 3.68. The van der Waals surface area contributed by atoms with Crippen molar-refractivity contribution in [3.63, 3.8) is 0 Å². The van der Waals surface area contributed by atoms with Crippen LogP contribution < -0.4 is 5.32 Å². The maximum Gasteiger partial charge on any atom is 0.0646 e. The van der Waals surface area contributed by atoms with Crippen molar-refractivity contribution in [1.29, 1.82) is 0 Å². The predicted octanol–water partition coefficient (Wildman–Crippen LogP) is 1.44. The number of aromatic nitrogens is 2. The molecule has 80 valence electrons. The molecule has 1 aromatic carbocycles. The molecule has 0 aliphatic carbocycles. The normalized spacial score (nSPS) is 9.56. The summed E-state index contributed by atoms with van der Waals surface area (Å²) in [5.41, 5.74) is 2.07. The van der Waals surface area contributed by atoms with Crippen molar-refractivity contribution in [2.45, 2.75) is 0 Å². The van der Waals surface area contributed by atoms with Crippen LogP contribution in [0.2, 0.25) is 0 Å². The van der Waals surface area contributed by atoms with Gasteiger partial charge in [-0.2, -0.15) is 5.10 Å². The quantitative estimate of drug-likeness (QED) is 0.762. The number of rotatable bonds is 2. The van der Waals surface area contributed by atoms with E-state index in [1.807, 2.05) is 48.3 Å². The molecule has 0 saturated carbocycles. The van der Waals surface area contributed by atoms with Crippen LogP contribution in [-0.4, -0.2) is 23.4 Å². The fourth-order valence-electron chi connectivity index (χ4n) is 1.35. The van der Waals surface area contributed by atoms with Gasteiger partial charge in [-0.25, -0.2) is 4.68 Å². The molecule has 16 heavy (non-hydrogen) atoms. The number of nitrogens with one attached hydrogen (secondary N) is 1. The molecule has 3 nitrogen and oxygen atoms in total. The number of hydrogen-bond acceptors (Lipinski definition) is 2. The van der Waals surface area contributed by atoms with E-state index >= 15 is 0 Å². The van der Waals surface area contributed by atoms with E-state index in [9.17, 15) is 0 Å². The van der Waals surface area contributed by atoms with Crippen molar-refractivity contribution in [1.82, 2.24) is 15.1 Å². The largest absolute Gasteiger partial charge is 0.309 e. The highest BCUT2D eigenvalue weighted by molar-refractivity contribution is 5.41. The summed E-state index contributed by atoms with van der Waals surface area (Å²) in [7, 11) is 1.88. The average molecular weight is 211 g/mol. The average Bonchev–Trinajstić information content (AvgIpc) is 2.84. The first-order valence-electron chi connectivity index (χ1n) is 5.14. The Balaban J connectivity index is 2.15. The van der Waals surface area contributed by atoms with Crippen molar-refractivity contribution in [2.24, 2.45) is 0 Å². The lowest BCUT2D eigenvalue weighted by molar-refractivity contribution is 0.880. The van der Waals surface area contributed by atoms with Gasteiger partial charge in [0.1, 0.15) is 0 Å². The third kappa shape index (κ3) is 2.50. The van der Waals surface area contributed by atoms with Crippen molar-refractivity contribution in [3.8, 4) is 17.5 Å². The van der Waals surface area contributed by atoms with Crippen molar-refractivity contribution in [3.05, 3.63) is 48.3 Å². The van der Waals surface area contributed by atoms with E-state index in [0.29, 0.717) is 6.54 Å². The molecule has 0 aliphatic heterocycles. The van der Waals surface area contributed by atoms with Crippen LogP contribution in [0.4, 0.5) is 0 Å². The van der Waals surface area contributed by atoms with Gasteiger partial charge in [0.25, 0.3) is 0 Å². The van der Waals surface area contributed by atoms with Crippen LogP contribution in [0.15, 0.2) is 42.7 Å². The lowest BCUT2D eigenvalue weighted by Crippen LogP contribution is -2.04. The van der Waals surface area contributed by atoms with E-state index in [4.69, 9.17) is 0 Å². The monoisotopic (exact) mass is 211 g/mol. The summed E-state index contributed by atoms with van der Waals surface area (Å²) >= 11 is 0. The van der Waals surface area contributed by atoms with Crippen LogP contribution in [0.3, 0.4) is 0 Å². The fraction of sp³-hybridized carbons (Fsp3) is 0.154. The Morgan fingerprint density at radius 2 is 2.12 bits per heavy atom. The van der Waals surface area contributed by atoms with Gasteiger partial charge in [-0.1, -0.05) is 11.8 Å². The van der Waals surface area contributed by atoms with Crippen LogP contribution in [-0.2, 0) is 0 Å². The van der Waals surface area contributed by atoms with Crippen molar-refractivity contribution in [2.75, 3.05) is 13.6 Å². The molecule has 2 rings (SSSR count). The Bertz CT molecular complexity index is 486. The molecule has 0 radical (unpaired) electrons. The Hall–Kier alpha value is -2.05. The second kappa shape index (κ2) is 5.15. The van der Waals surface area contributed by atoms with Gasteiger partial charge in [-0.15, -0.1) is 0 Å². The van der Waals surface area contributed by atoms with Crippen LogP contribution in [0.25, 0.3) is 5.69 Å². The molecule has 0 bridgehead atoms. The van der Waals surface area contributed by atoms with Crippen LogP contribution in [0.1, 0.15) is 5.56 Å². The highest BCUT2D eigenvalue weighted by Gasteiger charge is 1.94.